The summed E-state index contributed by atoms with van der Waals surface area (Å²) >= 11 is 0. The molecule has 1 unspecified atom stereocenters. The lowest BCUT2D eigenvalue weighted by Gasteiger charge is -2.30. The van der Waals surface area contributed by atoms with E-state index in [2.05, 4.69) is 27.2 Å². The number of anilines is 1. The third kappa shape index (κ3) is 4.19. The molecule has 7 heteroatoms. The van der Waals surface area contributed by atoms with Gasteiger partial charge in [-0.15, -0.1) is 0 Å². The number of benzene rings is 1. The summed E-state index contributed by atoms with van der Waals surface area (Å²) in [6.45, 7) is 1.96. The van der Waals surface area contributed by atoms with Crippen LogP contribution in [-0.4, -0.2) is 66.0 Å². The number of para-hydroxylation sites is 1. The third-order valence-corrected chi connectivity index (χ3v) is 5.25. The minimum atomic E-state index is -0.0593. The van der Waals surface area contributed by atoms with Gasteiger partial charge in [0.25, 0.3) is 5.91 Å². The van der Waals surface area contributed by atoms with E-state index >= 15 is 0 Å². The van der Waals surface area contributed by atoms with Gasteiger partial charge < -0.3 is 15.1 Å². The summed E-state index contributed by atoms with van der Waals surface area (Å²) in [5, 5.41) is 4.06. The predicted molar refractivity (Wildman–Crippen MR) is 115 cm³/mol. The van der Waals surface area contributed by atoms with Crippen molar-refractivity contribution in [2.24, 2.45) is 0 Å². The second kappa shape index (κ2) is 8.13. The molecule has 0 bridgehead atoms. The highest BCUT2D eigenvalue weighted by Gasteiger charge is 2.21. The van der Waals surface area contributed by atoms with Crippen LogP contribution in [0.2, 0.25) is 0 Å². The highest BCUT2D eigenvalue weighted by molar-refractivity contribution is 6.07. The van der Waals surface area contributed by atoms with Crippen molar-refractivity contribution in [3.8, 4) is 11.3 Å². The third-order valence-electron chi connectivity index (χ3n) is 5.25. The number of likely N-dealkylation sites (N-methyl/N-ethyl adjacent to an activating group) is 1. The fourth-order valence-electron chi connectivity index (χ4n) is 3.74. The number of piperidine rings is 1. The number of amides is 1. The van der Waals surface area contributed by atoms with Gasteiger partial charge >= 0.3 is 0 Å². The molecule has 0 radical (unpaired) electrons. The Morgan fingerprint density at radius 1 is 1.21 bits per heavy atom. The summed E-state index contributed by atoms with van der Waals surface area (Å²) in [4.78, 5) is 30.8. The number of hydrogen-bond acceptors (Lipinski definition) is 6. The molecule has 4 rings (SSSR count). The Morgan fingerprint density at radius 3 is 2.69 bits per heavy atom. The first-order valence-electron chi connectivity index (χ1n) is 9.90. The van der Waals surface area contributed by atoms with E-state index in [4.69, 9.17) is 4.98 Å². The van der Waals surface area contributed by atoms with Gasteiger partial charge in [-0.05, 0) is 38.6 Å². The number of nitrogens with one attached hydrogen (secondary N) is 1. The van der Waals surface area contributed by atoms with Crippen LogP contribution in [0, 0.1) is 0 Å². The molecule has 3 aromatic rings. The zero-order valence-electron chi connectivity index (χ0n) is 17.1. The lowest BCUT2D eigenvalue weighted by Crippen LogP contribution is -2.46. The number of carbonyl (C=O) groups excluding carboxylic acids is 1. The maximum Gasteiger partial charge on any atom is 0.252 e. The summed E-state index contributed by atoms with van der Waals surface area (Å²) < 4.78 is 0. The van der Waals surface area contributed by atoms with E-state index in [-0.39, 0.29) is 11.9 Å². The summed E-state index contributed by atoms with van der Waals surface area (Å²) in [6.07, 6.45) is 5.60. The monoisotopic (exact) mass is 390 g/mol. The Morgan fingerprint density at radius 2 is 1.97 bits per heavy atom. The standard InChI is InChI=1S/C22H26N6O/c1-27(2)22-23-12-15(13-24-22)20-11-18(17-8-4-5-9-19(17)26-20)21(29)25-16-7-6-10-28(3)14-16/h4-5,8-9,11-13,16H,6-7,10,14H2,1-3H3,(H,25,29). The number of likely N-dealkylation sites (tertiary alicyclic amines) is 1. The lowest BCUT2D eigenvalue weighted by atomic mass is 10.0. The van der Waals surface area contributed by atoms with E-state index in [0.29, 0.717) is 17.2 Å². The molecule has 1 fully saturated rings. The Balaban J connectivity index is 1.70. The minimum Gasteiger partial charge on any atom is -0.348 e. The molecule has 1 atom stereocenters. The van der Waals surface area contributed by atoms with Gasteiger partial charge in [0.15, 0.2) is 0 Å². The van der Waals surface area contributed by atoms with Crippen molar-refractivity contribution in [1.29, 1.82) is 0 Å². The largest absolute Gasteiger partial charge is 0.348 e. The maximum absolute atomic E-state index is 13.2. The number of rotatable bonds is 4. The van der Waals surface area contributed by atoms with Crippen LogP contribution in [0.15, 0.2) is 42.7 Å². The van der Waals surface area contributed by atoms with E-state index in [0.717, 1.165) is 42.4 Å². The molecule has 29 heavy (non-hydrogen) atoms. The molecule has 1 amide bonds. The van der Waals surface area contributed by atoms with E-state index in [1.54, 1.807) is 12.4 Å². The number of hydrogen-bond donors (Lipinski definition) is 1. The molecule has 0 spiro atoms. The molecule has 1 N–H and O–H groups in total. The fourth-order valence-corrected chi connectivity index (χ4v) is 3.74. The van der Waals surface area contributed by atoms with Crippen LogP contribution in [0.4, 0.5) is 5.95 Å². The van der Waals surface area contributed by atoms with Crippen molar-refractivity contribution in [2.75, 3.05) is 39.1 Å². The Labute approximate surface area is 170 Å². The number of pyridine rings is 1. The molecule has 0 aliphatic carbocycles. The molecule has 150 valence electrons. The second-order valence-electron chi connectivity index (χ2n) is 7.81. The topological polar surface area (TPSA) is 74.2 Å². The molecular weight excluding hydrogens is 364 g/mol. The van der Waals surface area contributed by atoms with E-state index in [9.17, 15) is 4.79 Å². The van der Waals surface area contributed by atoms with Crippen molar-refractivity contribution in [3.05, 3.63) is 48.3 Å². The van der Waals surface area contributed by atoms with Crippen LogP contribution >= 0.6 is 0 Å². The average molecular weight is 390 g/mol. The Bertz CT molecular complexity index is 1020. The second-order valence-corrected chi connectivity index (χ2v) is 7.81. The van der Waals surface area contributed by atoms with Gasteiger partial charge in [0.2, 0.25) is 5.95 Å². The van der Waals surface area contributed by atoms with E-state index < -0.39 is 0 Å². The summed E-state index contributed by atoms with van der Waals surface area (Å²) in [7, 11) is 5.89. The van der Waals surface area contributed by atoms with Gasteiger partial charge in [-0.25, -0.2) is 15.0 Å². The number of carbonyl (C=O) groups is 1. The van der Waals surface area contributed by atoms with Gasteiger partial charge in [-0.3, -0.25) is 4.79 Å². The molecule has 1 aliphatic heterocycles. The maximum atomic E-state index is 13.2. The van der Waals surface area contributed by atoms with Crippen LogP contribution in [0.25, 0.3) is 22.2 Å². The van der Waals surface area contributed by atoms with Crippen molar-refractivity contribution < 1.29 is 4.79 Å². The highest BCUT2D eigenvalue weighted by Crippen LogP contribution is 2.25. The minimum absolute atomic E-state index is 0.0593. The molecule has 0 saturated carbocycles. The Hall–Kier alpha value is -3.06. The van der Waals surface area contributed by atoms with Crippen LogP contribution in [0.5, 0.6) is 0 Å². The van der Waals surface area contributed by atoms with Crippen LogP contribution in [0.3, 0.4) is 0 Å². The van der Waals surface area contributed by atoms with Gasteiger partial charge in [-0.1, -0.05) is 18.2 Å². The van der Waals surface area contributed by atoms with Gasteiger partial charge in [0.05, 0.1) is 16.8 Å². The SMILES string of the molecule is CN1CCCC(NC(=O)c2cc(-c3cnc(N(C)C)nc3)nc3ccccc23)C1. The lowest BCUT2D eigenvalue weighted by molar-refractivity contribution is 0.0914. The van der Waals surface area contributed by atoms with Crippen molar-refractivity contribution >= 4 is 22.8 Å². The molecule has 2 aromatic heterocycles. The first-order valence-corrected chi connectivity index (χ1v) is 9.90. The van der Waals surface area contributed by atoms with Gasteiger partial charge in [-0.2, -0.15) is 0 Å². The van der Waals surface area contributed by atoms with Crippen molar-refractivity contribution in [3.63, 3.8) is 0 Å². The highest BCUT2D eigenvalue weighted by atomic mass is 16.1. The molecular formula is C22H26N6O. The molecule has 1 aliphatic rings. The van der Waals surface area contributed by atoms with Crippen molar-refractivity contribution in [2.45, 2.75) is 18.9 Å². The molecule has 3 heterocycles. The number of fused-ring (bicyclic) bond motifs is 1. The molecule has 1 saturated heterocycles. The van der Waals surface area contributed by atoms with Crippen LogP contribution in [0.1, 0.15) is 23.2 Å². The smallest absolute Gasteiger partial charge is 0.252 e. The van der Waals surface area contributed by atoms with Gasteiger partial charge in [0, 0.05) is 50.0 Å². The average Bonchev–Trinajstić information content (AvgIpc) is 2.73. The first-order chi connectivity index (χ1) is 14.0. The quantitative estimate of drug-likeness (QED) is 0.738. The van der Waals surface area contributed by atoms with E-state index in [1.807, 2.05) is 49.3 Å². The normalized spacial score (nSPS) is 17.3. The molecule has 1 aromatic carbocycles. The number of nitrogens with zero attached hydrogens (tertiary/aromatic N) is 5. The Kier molecular flexibility index (Phi) is 5.40. The van der Waals surface area contributed by atoms with Gasteiger partial charge in [0.1, 0.15) is 0 Å². The summed E-state index contributed by atoms with van der Waals surface area (Å²) in [5.74, 6) is 0.574. The van der Waals surface area contributed by atoms with Crippen LogP contribution in [-0.2, 0) is 0 Å². The first kappa shape index (κ1) is 19.3. The summed E-state index contributed by atoms with van der Waals surface area (Å²) in [6, 6.07) is 9.75. The predicted octanol–water partition coefficient (Wildman–Crippen LogP) is 2.58. The zero-order valence-corrected chi connectivity index (χ0v) is 17.1. The number of aromatic nitrogens is 3. The van der Waals surface area contributed by atoms with Crippen LogP contribution < -0.4 is 10.2 Å². The van der Waals surface area contributed by atoms with E-state index in [1.165, 1.54) is 0 Å². The fraction of sp³-hybridized carbons (Fsp3) is 0.364. The zero-order chi connectivity index (χ0) is 20.4. The molecule has 7 nitrogen and oxygen atoms in total. The van der Waals surface area contributed by atoms with Crippen molar-refractivity contribution in [1.82, 2.24) is 25.2 Å². The summed E-state index contributed by atoms with van der Waals surface area (Å²) in [5.41, 5.74) is 2.90.